The Morgan fingerprint density at radius 2 is 2.47 bits per heavy atom. The molecule has 1 saturated heterocycles. The summed E-state index contributed by atoms with van der Waals surface area (Å²) in [4.78, 5) is 26.4. The number of rotatable bonds is 3. The third-order valence-corrected chi connectivity index (χ3v) is 2.79. The van der Waals surface area contributed by atoms with Crippen molar-refractivity contribution < 1.29 is 19.4 Å². The number of aliphatic hydroxyl groups is 1. The molecule has 1 fully saturated rings. The van der Waals surface area contributed by atoms with Crippen LogP contribution in [0, 0.1) is 0 Å². The summed E-state index contributed by atoms with van der Waals surface area (Å²) >= 11 is 0. The van der Waals surface area contributed by atoms with E-state index in [0.29, 0.717) is 6.42 Å². The van der Waals surface area contributed by atoms with E-state index in [1.165, 1.54) is 23.8 Å². The molecule has 1 aliphatic heterocycles. The van der Waals surface area contributed by atoms with Crippen LogP contribution in [-0.4, -0.2) is 39.4 Å². The van der Waals surface area contributed by atoms with Gasteiger partial charge in [0.15, 0.2) is 6.23 Å². The number of nitrogens with zero attached hydrogens (tertiary/aromatic N) is 2. The van der Waals surface area contributed by atoms with Gasteiger partial charge in [0.25, 0.3) is 0 Å². The van der Waals surface area contributed by atoms with E-state index in [1.54, 1.807) is 0 Å². The third kappa shape index (κ3) is 2.91. The van der Waals surface area contributed by atoms with E-state index >= 15 is 0 Å². The second-order valence-electron chi connectivity index (χ2n) is 4.26. The van der Waals surface area contributed by atoms with E-state index in [2.05, 4.69) is 4.98 Å². The van der Waals surface area contributed by atoms with Crippen molar-refractivity contribution in [3.05, 3.63) is 22.7 Å². The first-order valence-corrected chi connectivity index (χ1v) is 5.79. The van der Waals surface area contributed by atoms with Crippen LogP contribution >= 0.6 is 0 Å². The molecule has 0 spiro atoms. The first-order chi connectivity index (χ1) is 9.01. The van der Waals surface area contributed by atoms with Crippen molar-refractivity contribution >= 4 is 11.8 Å². The number of ether oxygens (including phenoxy) is 2. The molecule has 104 valence electrons. The van der Waals surface area contributed by atoms with Crippen LogP contribution < -0.4 is 11.4 Å². The Morgan fingerprint density at radius 3 is 3.05 bits per heavy atom. The van der Waals surface area contributed by atoms with Gasteiger partial charge in [0.2, 0.25) is 0 Å². The molecule has 0 aliphatic carbocycles. The lowest BCUT2D eigenvalue weighted by Crippen LogP contribution is -2.33. The molecule has 0 radical (unpaired) electrons. The van der Waals surface area contributed by atoms with Crippen molar-refractivity contribution in [2.45, 2.75) is 31.8 Å². The number of carbonyl (C=O) groups is 1. The second-order valence-corrected chi connectivity index (χ2v) is 4.26. The maximum absolute atomic E-state index is 11.7. The van der Waals surface area contributed by atoms with Crippen LogP contribution in [0.4, 0.5) is 5.82 Å². The van der Waals surface area contributed by atoms with E-state index in [1.807, 2.05) is 0 Å². The topological polar surface area (TPSA) is 117 Å². The van der Waals surface area contributed by atoms with Gasteiger partial charge in [-0.25, -0.2) is 4.79 Å². The van der Waals surface area contributed by atoms with E-state index in [-0.39, 0.29) is 12.4 Å². The number of aliphatic hydroxyl groups excluding tert-OH is 1. The summed E-state index contributed by atoms with van der Waals surface area (Å²) in [7, 11) is 0. The Labute approximate surface area is 108 Å². The summed E-state index contributed by atoms with van der Waals surface area (Å²) in [6.45, 7) is 1.05. The Bertz CT molecular complexity index is 529. The van der Waals surface area contributed by atoms with Gasteiger partial charge in [0, 0.05) is 19.5 Å². The van der Waals surface area contributed by atoms with E-state index in [0.717, 1.165) is 0 Å². The van der Waals surface area contributed by atoms with Crippen LogP contribution in [0.2, 0.25) is 0 Å². The molecule has 8 nitrogen and oxygen atoms in total. The lowest BCUT2D eigenvalue weighted by Gasteiger charge is -2.20. The maximum Gasteiger partial charge on any atom is 0.351 e. The fraction of sp³-hybridized carbons (Fsp3) is 0.545. The van der Waals surface area contributed by atoms with Gasteiger partial charge in [0.05, 0.1) is 12.7 Å². The van der Waals surface area contributed by atoms with Crippen molar-refractivity contribution in [3.63, 3.8) is 0 Å². The van der Waals surface area contributed by atoms with E-state index in [9.17, 15) is 9.59 Å². The van der Waals surface area contributed by atoms with Crippen molar-refractivity contribution in [2.75, 3.05) is 12.3 Å². The highest BCUT2D eigenvalue weighted by atomic mass is 16.6. The molecule has 3 N–H and O–H groups in total. The molecule has 1 aromatic rings. The Morgan fingerprint density at radius 1 is 1.74 bits per heavy atom. The zero-order valence-corrected chi connectivity index (χ0v) is 10.4. The second kappa shape index (κ2) is 5.37. The third-order valence-electron chi connectivity index (χ3n) is 2.79. The maximum atomic E-state index is 11.7. The fourth-order valence-corrected chi connectivity index (χ4v) is 2.02. The first kappa shape index (κ1) is 13.5. The molecule has 19 heavy (non-hydrogen) atoms. The number of carbonyl (C=O) groups excluding carboxylic acids is 1. The summed E-state index contributed by atoms with van der Waals surface area (Å²) in [5.74, 6) is -0.379. The van der Waals surface area contributed by atoms with Crippen molar-refractivity contribution in [1.29, 1.82) is 0 Å². The molecule has 0 unspecified atom stereocenters. The molecular weight excluding hydrogens is 254 g/mol. The minimum atomic E-state index is -0.804. The summed E-state index contributed by atoms with van der Waals surface area (Å²) < 4.78 is 11.8. The Kier molecular flexibility index (Phi) is 3.82. The average Bonchev–Trinajstić information content (AvgIpc) is 2.71. The summed E-state index contributed by atoms with van der Waals surface area (Å²) in [5.41, 5.74) is 4.81. The van der Waals surface area contributed by atoms with Gasteiger partial charge in [-0.15, -0.1) is 0 Å². The lowest BCUT2D eigenvalue weighted by atomic mass is 10.2. The van der Waals surface area contributed by atoms with E-state index < -0.39 is 30.1 Å². The molecule has 8 heteroatoms. The molecule has 0 amide bonds. The van der Waals surface area contributed by atoms with Gasteiger partial charge < -0.3 is 20.3 Å². The SMILES string of the molecule is CC(=O)O[C@H]1C[C@@H](CO)O[C@H]1n1ccc(N)nc1=O. The number of hydrogen-bond acceptors (Lipinski definition) is 7. The molecule has 2 rings (SSSR count). The molecule has 1 aliphatic rings. The van der Waals surface area contributed by atoms with Gasteiger partial charge in [-0.2, -0.15) is 4.98 Å². The molecule has 0 saturated carbocycles. The molecule has 2 heterocycles. The largest absolute Gasteiger partial charge is 0.458 e. The number of nitrogens with two attached hydrogens (primary N) is 1. The van der Waals surface area contributed by atoms with Crippen LogP contribution in [0.1, 0.15) is 19.6 Å². The normalized spacial score (nSPS) is 26.3. The average molecular weight is 269 g/mol. The predicted octanol–water partition coefficient (Wildman–Crippen LogP) is -0.963. The van der Waals surface area contributed by atoms with Crippen molar-refractivity contribution in [2.24, 2.45) is 0 Å². The molecular formula is C11H15N3O5. The minimum absolute atomic E-state index is 0.0991. The number of esters is 1. The van der Waals surface area contributed by atoms with Crippen LogP contribution in [0.5, 0.6) is 0 Å². The molecule has 0 bridgehead atoms. The fourth-order valence-electron chi connectivity index (χ4n) is 2.02. The number of anilines is 1. The molecule has 1 aromatic heterocycles. The minimum Gasteiger partial charge on any atom is -0.458 e. The summed E-state index contributed by atoms with van der Waals surface area (Å²) in [6.07, 6.45) is -0.193. The highest BCUT2D eigenvalue weighted by Crippen LogP contribution is 2.30. The zero-order valence-electron chi connectivity index (χ0n) is 10.4. The van der Waals surface area contributed by atoms with Gasteiger partial charge in [-0.3, -0.25) is 9.36 Å². The number of hydrogen-bond donors (Lipinski definition) is 2. The lowest BCUT2D eigenvalue weighted by molar-refractivity contribution is -0.152. The van der Waals surface area contributed by atoms with Crippen LogP contribution in [0.15, 0.2) is 17.1 Å². The Balaban J connectivity index is 2.29. The zero-order chi connectivity index (χ0) is 14.0. The quantitative estimate of drug-likeness (QED) is 0.678. The summed E-state index contributed by atoms with van der Waals surface area (Å²) in [6, 6.07) is 1.45. The monoisotopic (exact) mass is 269 g/mol. The molecule has 0 aromatic carbocycles. The smallest absolute Gasteiger partial charge is 0.351 e. The van der Waals surface area contributed by atoms with E-state index in [4.69, 9.17) is 20.3 Å². The van der Waals surface area contributed by atoms with Crippen molar-refractivity contribution in [3.8, 4) is 0 Å². The summed E-state index contributed by atoms with van der Waals surface area (Å²) in [5, 5.41) is 9.11. The van der Waals surface area contributed by atoms with Gasteiger partial charge >= 0.3 is 11.7 Å². The van der Waals surface area contributed by atoms with Crippen LogP contribution in [0.25, 0.3) is 0 Å². The number of nitrogen functional groups attached to an aromatic ring is 1. The first-order valence-electron chi connectivity index (χ1n) is 5.79. The predicted molar refractivity (Wildman–Crippen MR) is 64.1 cm³/mol. The van der Waals surface area contributed by atoms with Crippen LogP contribution in [-0.2, 0) is 14.3 Å². The van der Waals surface area contributed by atoms with Crippen LogP contribution in [0.3, 0.4) is 0 Å². The van der Waals surface area contributed by atoms with Crippen molar-refractivity contribution in [1.82, 2.24) is 9.55 Å². The standard InChI is InChI=1S/C11H15N3O5/c1-6(16)18-8-4-7(5-15)19-10(8)14-3-2-9(12)13-11(14)17/h2-3,7-8,10,15H,4-5H2,1H3,(H2,12,13,17)/t7-,8-,10+/m0/s1. The number of aromatic nitrogens is 2. The van der Waals surface area contributed by atoms with Gasteiger partial charge in [-0.05, 0) is 6.07 Å². The highest BCUT2D eigenvalue weighted by Gasteiger charge is 2.39. The highest BCUT2D eigenvalue weighted by molar-refractivity contribution is 5.66. The Hall–Kier alpha value is -1.93. The molecule has 3 atom stereocenters. The van der Waals surface area contributed by atoms with Gasteiger partial charge in [0.1, 0.15) is 11.9 Å². The van der Waals surface area contributed by atoms with Gasteiger partial charge in [-0.1, -0.05) is 0 Å².